The zero-order chi connectivity index (χ0) is 13.6. The van der Waals surface area contributed by atoms with Gasteiger partial charge in [0.1, 0.15) is 5.41 Å². The van der Waals surface area contributed by atoms with Gasteiger partial charge in [0.2, 0.25) is 11.8 Å². The Morgan fingerprint density at radius 3 is 2.84 bits per heavy atom. The molecular formula is C15H16N2O2. The number of piperidine rings is 1. The molecule has 2 heterocycles. The van der Waals surface area contributed by atoms with Crippen molar-refractivity contribution in [3.63, 3.8) is 0 Å². The number of carbonyl (C=O) groups is 2. The van der Waals surface area contributed by atoms with E-state index in [9.17, 15) is 9.59 Å². The summed E-state index contributed by atoms with van der Waals surface area (Å²) in [5, 5.41) is 5.85. The maximum absolute atomic E-state index is 12.5. The molecule has 1 aromatic rings. The number of nitrogens with one attached hydrogen (secondary N) is 2. The van der Waals surface area contributed by atoms with Crippen LogP contribution in [-0.4, -0.2) is 17.9 Å². The van der Waals surface area contributed by atoms with E-state index in [0.29, 0.717) is 12.8 Å². The first-order valence-electron chi connectivity index (χ1n) is 6.41. The molecule has 2 N–H and O–H groups in total. The molecule has 1 spiro atoms. The van der Waals surface area contributed by atoms with Gasteiger partial charge in [0.15, 0.2) is 0 Å². The highest BCUT2D eigenvalue weighted by Crippen LogP contribution is 2.46. The van der Waals surface area contributed by atoms with Gasteiger partial charge in [0.25, 0.3) is 0 Å². The molecule has 98 valence electrons. The first-order valence-corrected chi connectivity index (χ1v) is 6.41. The van der Waals surface area contributed by atoms with E-state index in [0.717, 1.165) is 16.8 Å². The molecule has 1 aromatic carbocycles. The predicted octanol–water partition coefficient (Wildman–Crippen LogP) is 1.73. The second-order valence-electron chi connectivity index (χ2n) is 5.32. The van der Waals surface area contributed by atoms with Crippen molar-refractivity contribution < 1.29 is 9.59 Å². The normalized spacial score (nSPS) is 28.8. The summed E-state index contributed by atoms with van der Waals surface area (Å²) in [4.78, 5) is 24.2. The van der Waals surface area contributed by atoms with Crippen molar-refractivity contribution in [2.45, 2.75) is 31.2 Å². The fraction of sp³-hybridized carbons (Fsp3) is 0.333. The highest BCUT2D eigenvalue weighted by Gasteiger charge is 2.54. The molecule has 0 aromatic heterocycles. The summed E-state index contributed by atoms with van der Waals surface area (Å²) in [7, 11) is 0. The van der Waals surface area contributed by atoms with E-state index in [1.54, 1.807) is 0 Å². The minimum absolute atomic E-state index is 0.0178. The van der Waals surface area contributed by atoms with Crippen molar-refractivity contribution in [2.24, 2.45) is 0 Å². The monoisotopic (exact) mass is 256 g/mol. The minimum Gasteiger partial charge on any atom is -0.348 e. The van der Waals surface area contributed by atoms with Crippen LogP contribution in [0.25, 0.3) is 0 Å². The number of hydrogen-bond donors (Lipinski definition) is 2. The standard InChI is InChI=1S/C15H16N2O2/c1-9(2)13-15(8-7-12(18)17-13)10-5-3-4-6-11(10)16-14(15)19/h3-6,13H,1,7-8H2,2H3,(H,16,19)(H,17,18). The van der Waals surface area contributed by atoms with Crippen LogP contribution in [-0.2, 0) is 15.0 Å². The van der Waals surface area contributed by atoms with Crippen molar-refractivity contribution in [1.82, 2.24) is 5.32 Å². The number of carbonyl (C=O) groups excluding carboxylic acids is 2. The Hall–Kier alpha value is -2.10. The molecule has 3 rings (SSSR count). The van der Waals surface area contributed by atoms with Crippen LogP contribution in [0.3, 0.4) is 0 Å². The van der Waals surface area contributed by atoms with Gasteiger partial charge in [-0.3, -0.25) is 9.59 Å². The van der Waals surface area contributed by atoms with Gasteiger partial charge in [0.05, 0.1) is 6.04 Å². The van der Waals surface area contributed by atoms with Gasteiger partial charge in [-0.05, 0) is 25.0 Å². The lowest BCUT2D eigenvalue weighted by Gasteiger charge is -2.40. The molecule has 19 heavy (non-hydrogen) atoms. The predicted molar refractivity (Wildman–Crippen MR) is 72.7 cm³/mol. The summed E-state index contributed by atoms with van der Waals surface area (Å²) in [5.74, 6) is -0.0579. The zero-order valence-corrected chi connectivity index (χ0v) is 10.8. The average Bonchev–Trinajstić information content (AvgIpc) is 2.66. The van der Waals surface area contributed by atoms with E-state index in [-0.39, 0.29) is 17.9 Å². The van der Waals surface area contributed by atoms with Crippen molar-refractivity contribution in [2.75, 3.05) is 5.32 Å². The summed E-state index contributed by atoms with van der Waals surface area (Å²) in [6, 6.07) is 7.34. The van der Waals surface area contributed by atoms with E-state index in [1.807, 2.05) is 31.2 Å². The van der Waals surface area contributed by atoms with Gasteiger partial charge in [-0.25, -0.2) is 0 Å². The fourth-order valence-electron chi connectivity index (χ4n) is 3.23. The molecule has 2 unspecified atom stereocenters. The van der Waals surface area contributed by atoms with Gasteiger partial charge in [-0.15, -0.1) is 0 Å². The number of rotatable bonds is 1. The SMILES string of the molecule is C=C(C)C1NC(=O)CCC12C(=O)Nc1ccccc12. The van der Waals surface area contributed by atoms with Gasteiger partial charge in [-0.1, -0.05) is 30.4 Å². The van der Waals surface area contributed by atoms with Crippen LogP contribution in [0.15, 0.2) is 36.4 Å². The minimum atomic E-state index is -0.698. The Labute approximate surface area is 111 Å². The maximum Gasteiger partial charge on any atom is 0.237 e. The molecular weight excluding hydrogens is 240 g/mol. The van der Waals surface area contributed by atoms with Crippen LogP contribution in [0.5, 0.6) is 0 Å². The Bertz CT molecular complexity index is 594. The first-order chi connectivity index (χ1) is 9.05. The van der Waals surface area contributed by atoms with Crippen LogP contribution < -0.4 is 10.6 Å². The molecule has 1 fully saturated rings. The zero-order valence-electron chi connectivity index (χ0n) is 10.8. The number of anilines is 1. The molecule has 1 saturated heterocycles. The van der Waals surface area contributed by atoms with E-state index in [4.69, 9.17) is 0 Å². The smallest absolute Gasteiger partial charge is 0.237 e. The highest BCUT2D eigenvalue weighted by molar-refractivity contribution is 6.08. The highest BCUT2D eigenvalue weighted by atomic mass is 16.2. The third-order valence-corrected chi connectivity index (χ3v) is 4.10. The quantitative estimate of drug-likeness (QED) is 0.752. The number of para-hydroxylation sites is 1. The van der Waals surface area contributed by atoms with Crippen molar-refractivity contribution in [3.05, 3.63) is 42.0 Å². The first kappa shape index (κ1) is 12.0. The van der Waals surface area contributed by atoms with Crippen LogP contribution in [0.1, 0.15) is 25.3 Å². The lowest BCUT2D eigenvalue weighted by Crippen LogP contribution is -2.58. The van der Waals surface area contributed by atoms with Crippen LogP contribution in [0, 0.1) is 0 Å². The number of benzene rings is 1. The van der Waals surface area contributed by atoms with Crippen molar-refractivity contribution in [3.8, 4) is 0 Å². The maximum atomic E-state index is 12.5. The van der Waals surface area contributed by atoms with Gasteiger partial charge < -0.3 is 10.6 Å². The second-order valence-corrected chi connectivity index (χ2v) is 5.32. The summed E-state index contributed by atoms with van der Waals surface area (Å²) in [5.41, 5.74) is 1.92. The van der Waals surface area contributed by atoms with Crippen LogP contribution in [0.4, 0.5) is 5.69 Å². The number of amides is 2. The van der Waals surface area contributed by atoms with E-state index in [1.165, 1.54) is 0 Å². The van der Waals surface area contributed by atoms with Crippen LogP contribution in [0.2, 0.25) is 0 Å². The van der Waals surface area contributed by atoms with Crippen molar-refractivity contribution in [1.29, 1.82) is 0 Å². The summed E-state index contributed by atoms with van der Waals surface area (Å²) in [6.07, 6.45) is 0.894. The average molecular weight is 256 g/mol. The Balaban J connectivity index is 2.18. The molecule has 2 amide bonds. The summed E-state index contributed by atoms with van der Waals surface area (Å²) < 4.78 is 0. The summed E-state index contributed by atoms with van der Waals surface area (Å²) >= 11 is 0. The topological polar surface area (TPSA) is 58.2 Å². The molecule has 0 radical (unpaired) electrons. The fourth-order valence-corrected chi connectivity index (χ4v) is 3.23. The molecule has 0 aliphatic carbocycles. The van der Waals surface area contributed by atoms with E-state index < -0.39 is 5.41 Å². The van der Waals surface area contributed by atoms with Gasteiger partial charge in [-0.2, -0.15) is 0 Å². The third-order valence-electron chi connectivity index (χ3n) is 4.10. The third kappa shape index (κ3) is 1.52. The second kappa shape index (κ2) is 3.95. The lowest BCUT2D eigenvalue weighted by molar-refractivity contribution is -0.129. The van der Waals surface area contributed by atoms with E-state index >= 15 is 0 Å². The van der Waals surface area contributed by atoms with Crippen LogP contribution >= 0.6 is 0 Å². The molecule has 2 aliphatic rings. The van der Waals surface area contributed by atoms with Crippen molar-refractivity contribution >= 4 is 17.5 Å². The van der Waals surface area contributed by atoms with Gasteiger partial charge >= 0.3 is 0 Å². The molecule has 0 bridgehead atoms. The largest absolute Gasteiger partial charge is 0.348 e. The molecule has 4 nitrogen and oxygen atoms in total. The molecule has 4 heteroatoms. The van der Waals surface area contributed by atoms with Gasteiger partial charge in [0, 0.05) is 12.1 Å². The summed E-state index contributed by atoms with van der Waals surface area (Å²) in [6.45, 7) is 5.80. The Morgan fingerprint density at radius 2 is 2.11 bits per heavy atom. The number of fused-ring (bicyclic) bond motifs is 2. The van der Waals surface area contributed by atoms with E-state index in [2.05, 4.69) is 17.2 Å². The number of hydrogen-bond acceptors (Lipinski definition) is 2. The lowest BCUT2D eigenvalue weighted by atomic mass is 9.68. The molecule has 2 aliphatic heterocycles. The Morgan fingerprint density at radius 1 is 1.37 bits per heavy atom. The molecule has 0 saturated carbocycles. The Kier molecular flexibility index (Phi) is 2.49. The molecule has 2 atom stereocenters.